The molecule has 2 aromatic carbocycles. The van der Waals surface area contributed by atoms with E-state index >= 15 is 0 Å². The zero-order chi connectivity index (χ0) is 19.3. The number of carbonyl (C=O) groups excluding carboxylic acids is 1. The molecule has 0 aliphatic carbocycles. The van der Waals surface area contributed by atoms with Gasteiger partial charge >= 0.3 is 5.97 Å². The van der Waals surface area contributed by atoms with Crippen LogP contribution in [0.15, 0.2) is 36.4 Å². The summed E-state index contributed by atoms with van der Waals surface area (Å²) in [5.74, 6) is -0.276. The van der Waals surface area contributed by atoms with Crippen molar-refractivity contribution in [1.29, 1.82) is 0 Å². The standard InChI is InChI=1S/C25H36O2/c1-3-4-5-6-7-8-9-10-11-12-13-14-21-15-16-23-20-24(25(26)27-2)18-17-22(23)19-21/h15-20H,3-14H2,1-2H3. The van der Waals surface area contributed by atoms with Crippen molar-refractivity contribution in [1.82, 2.24) is 0 Å². The van der Waals surface area contributed by atoms with Crippen LogP contribution in [-0.4, -0.2) is 13.1 Å². The molecule has 27 heavy (non-hydrogen) atoms. The SMILES string of the molecule is CCCCCCCCCCCCCc1ccc2cc(C(=O)OC)ccc2c1. The Morgan fingerprint density at radius 2 is 1.30 bits per heavy atom. The van der Waals surface area contributed by atoms with Gasteiger partial charge in [-0.3, -0.25) is 0 Å². The van der Waals surface area contributed by atoms with Crippen molar-refractivity contribution in [3.8, 4) is 0 Å². The Labute approximate surface area is 165 Å². The van der Waals surface area contributed by atoms with Crippen LogP contribution in [0.4, 0.5) is 0 Å². The summed E-state index contributed by atoms with van der Waals surface area (Å²) in [5, 5.41) is 2.30. The highest BCUT2D eigenvalue weighted by molar-refractivity contribution is 5.95. The Hall–Kier alpha value is -1.83. The molecular formula is C25H36O2. The van der Waals surface area contributed by atoms with Gasteiger partial charge in [0.1, 0.15) is 0 Å². The van der Waals surface area contributed by atoms with E-state index in [0.29, 0.717) is 5.56 Å². The van der Waals surface area contributed by atoms with Crippen LogP contribution in [0.1, 0.15) is 93.5 Å². The third kappa shape index (κ3) is 7.74. The number of fused-ring (bicyclic) bond motifs is 1. The first-order chi connectivity index (χ1) is 13.2. The second-order valence-electron chi connectivity index (χ2n) is 7.67. The number of hydrogen-bond acceptors (Lipinski definition) is 2. The van der Waals surface area contributed by atoms with E-state index < -0.39 is 0 Å². The predicted octanol–water partition coefficient (Wildman–Crippen LogP) is 7.48. The van der Waals surface area contributed by atoms with Gasteiger partial charge < -0.3 is 4.74 Å². The second kappa shape index (κ2) is 12.5. The third-order valence-corrected chi connectivity index (χ3v) is 5.39. The van der Waals surface area contributed by atoms with Gasteiger partial charge in [-0.2, -0.15) is 0 Å². The van der Waals surface area contributed by atoms with Crippen LogP contribution in [0.25, 0.3) is 10.8 Å². The number of rotatable bonds is 13. The average Bonchev–Trinajstić information content (AvgIpc) is 2.71. The van der Waals surface area contributed by atoms with Gasteiger partial charge in [0.25, 0.3) is 0 Å². The maximum absolute atomic E-state index is 11.6. The van der Waals surface area contributed by atoms with E-state index in [1.165, 1.54) is 88.7 Å². The fraction of sp³-hybridized carbons (Fsp3) is 0.560. The number of aryl methyl sites for hydroxylation is 1. The highest BCUT2D eigenvalue weighted by atomic mass is 16.5. The van der Waals surface area contributed by atoms with Gasteiger partial charge in [0.05, 0.1) is 12.7 Å². The summed E-state index contributed by atoms with van der Waals surface area (Å²) < 4.78 is 4.79. The van der Waals surface area contributed by atoms with Crippen molar-refractivity contribution >= 4 is 16.7 Å². The number of hydrogen-bond donors (Lipinski definition) is 0. The van der Waals surface area contributed by atoms with E-state index in [-0.39, 0.29) is 5.97 Å². The summed E-state index contributed by atoms with van der Waals surface area (Å²) in [6.07, 6.45) is 16.3. The summed E-state index contributed by atoms with van der Waals surface area (Å²) in [7, 11) is 1.42. The van der Waals surface area contributed by atoms with Crippen molar-refractivity contribution < 1.29 is 9.53 Å². The molecule has 0 heterocycles. The molecule has 2 heteroatoms. The lowest BCUT2D eigenvalue weighted by Crippen LogP contribution is -2.00. The van der Waals surface area contributed by atoms with Crippen LogP contribution < -0.4 is 0 Å². The van der Waals surface area contributed by atoms with Gasteiger partial charge in [0.2, 0.25) is 0 Å². The monoisotopic (exact) mass is 368 g/mol. The van der Waals surface area contributed by atoms with Gasteiger partial charge in [-0.25, -0.2) is 4.79 Å². The first kappa shape index (κ1) is 21.5. The van der Waals surface area contributed by atoms with Gasteiger partial charge in [-0.15, -0.1) is 0 Å². The Morgan fingerprint density at radius 3 is 1.93 bits per heavy atom. The quantitative estimate of drug-likeness (QED) is 0.270. The zero-order valence-corrected chi connectivity index (χ0v) is 17.3. The van der Waals surface area contributed by atoms with Crippen LogP contribution in [-0.2, 0) is 11.2 Å². The summed E-state index contributed by atoms with van der Waals surface area (Å²) in [6.45, 7) is 2.28. The Kier molecular flexibility index (Phi) is 9.97. The topological polar surface area (TPSA) is 26.3 Å². The van der Waals surface area contributed by atoms with Crippen LogP contribution in [0.5, 0.6) is 0 Å². The van der Waals surface area contributed by atoms with E-state index in [1.807, 2.05) is 18.2 Å². The van der Waals surface area contributed by atoms with E-state index in [0.717, 1.165) is 11.8 Å². The Balaban J connectivity index is 1.63. The molecule has 0 amide bonds. The van der Waals surface area contributed by atoms with Crippen LogP contribution >= 0.6 is 0 Å². The lowest BCUT2D eigenvalue weighted by Gasteiger charge is -2.06. The van der Waals surface area contributed by atoms with Gasteiger partial charge in [0.15, 0.2) is 0 Å². The minimum Gasteiger partial charge on any atom is -0.465 e. The summed E-state index contributed by atoms with van der Waals surface area (Å²) in [4.78, 5) is 11.6. The number of ether oxygens (including phenoxy) is 1. The molecule has 0 N–H and O–H groups in total. The lowest BCUT2D eigenvalue weighted by molar-refractivity contribution is 0.0601. The second-order valence-corrected chi connectivity index (χ2v) is 7.67. The van der Waals surface area contributed by atoms with Crippen molar-refractivity contribution in [2.75, 3.05) is 7.11 Å². The fourth-order valence-corrected chi connectivity index (χ4v) is 3.69. The minimum absolute atomic E-state index is 0.276. The maximum Gasteiger partial charge on any atom is 0.337 e. The molecule has 148 valence electrons. The minimum atomic E-state index is -0.276. The molecule has 2 aromatic rings. The Morgan fingerprint density at radius 1 is 0.741 bits per heavy atom. The molecule has 0 aromatic heterocycles. The lowest BCUT2D eigenvalue weighted by atomic mass is 10.00. The van der Waals surface area contributed by atoms with Crippen molar-refractivity contribution in [2.24, 2.45) is 0 Å². The highest BCUT2D eigenvalue weighted by Crippen LogP contribution is 2.20. The molecule has 0 saturated carbocycles. The first-order valence-corrected chi connectivity index (χ1v) is 10.9. The summed E-state index contributed by atoms with van der Waals surface area (Å²) in [5.41, 5.74) is 2.01. The largest absolute Gasteiger partial charge is 0.465 e. The van der Waals surface area contributed by atoms with Gasteiger partial charge in [0, 0.05) is 0 Å². The zero-order valence-electron chi connectivity index (χ0n) is 17.3. The van der Waals surface area contributed by atoms with Gasteiger partial charge in [-0.1, -0.05) is 95.4 Å². The third-order valence-electron chi connectivity index (χ3n) is 5.39. The maximum atomic E-state index is 11.6. The molecule has 2 rings (SSSR count). The average molecular weight is 369 g/mol. The van der Waals surface area contributed by atoms with Gasteiger partial charge in [-0.05, 0) is 41.3 Å². The van der Waals surface area contributed by atoms with Crippen LogP contribution in [0.3, 0.4) is 0 Å². The number of benzene rings is 2. The predicted molar refractivity (Wildman–Crippen MR) is 115 cm³/mol. The molecular weight excluding hydrogens is 332 g/mol. The molecule has 0 fully saturated rings. The smallest absolute Gasteiger partial charge is 0.337 e. The Bertz CT molecular complexity index is 690. The molecule has 2 nitrogen and oxygen atoms in total. The number of unbranched alkanes of at least 4 members (excludes halogenated alkanes) is 10. The van der Waals surface area contributed by atoms with E-state index in [2.05, 4.69) is 25.1 Å². The number of esters is 1. The molecule has 0 aliphatic rings. The molecule has 0 bridgehead atoms. The normalized spacial score (nSPS) is 11.0. The molecule has 0 radical (unpaired) electrons. The van der Waals surface area contributed by atoms with E-state index in [9.17, 15) is 4.79 Å². The molecule has 0 aliphatic heterocycles. The van der Waals surface area contributed by atoms with E-state index in [1.54, 1.807) is 0 Å². The van der Waals surface area contributed by atoms with Crippen molar-refractivity contribution in [3.05, 3.63) is 47.5 Å². The highest BCUT2D eigenvalue weighted by Gasteiger charge is 2.06. The molecule has 0 saturated heterocycles. The summed E-state index contributed by atoms with van der Waals surface area (Å²) >= 11 is 0. The van der Waals surface area contributed by atoms with Crippen LogP contribution in [0.2, 0.25) is 0 Å². The van der Waals surface area contributed by atoms with E-state index in [4.69, 9.17) is 4.74 Å². The van der Waals surface area contributed by atoms with Crippen molar-refractivity contribution in [2.45, 2.75) is 84.0 Å². The van der Waals surface area contributed by atoms with Crippen molar-refractivity contribution in [3.63, 3.8) is 0 Å². The number of carbonyl (C=O) groups is 1. The summed E-state index contributed by atoms with van der Waals surface area (Å²) in [6, 6.07) is 12.3. The molecule has 0 spiro atoms. The number of methoxy groups -OCH3 is 1. The molecule has 0 atom stereocenters. The van der Waals surface area contributed by atoms with Crippen LogP contribution in [0, 0.1) is 0 Å². The molecule has 0 unspecified atom stereocenters. The fourth-order valence-electron chi connectivity index (χ4n) is 3.69. The first-order valence-electron chi connectivity index (χ1n) is 10.9.